The van der Waals surface area contributed by atoms with E-state index >= 15 is 0 Å². The van der Waals surface area contributed by atoms with Crippen molar-refractivity contribution in [1.29, 1.82) is 0 Å². The van der Waals surface area contributed by atoms with Crippen LogP contribution in [-0.2, 0) is 19.1 Å². The lowest BCUT2D eigenvalue weighted by atomic mass is 9.90. The zero-order valence-corrected chi connectivity index (χ0v) is 18.4. The van der Waals surface area contributed by atoms with E-state index in [2.05, 4.69) is 6.92 Å². The van der Waals surface area contributed by atoms with Crippen molar-refractivity contribution in [3.05, 3.63) is 0 Å². The first-order valence-corrected chi connectivity index (χ1v) is 11.3. The van der Waals surface area contributed by atoms with Crippen molar-refractivity contribution in [2.45, 2.75) is 111 Å². The van der Waals surface area contributed by atoms with Crippen LogP contribution in [0.1, 0.15) is 111 Å². The number of hydrogen-bond donors (Lipinski definition) is 0. The molecule has 0 aromatic rings. The molecule has 0 rings (SSSR count). The number of carbonyl (C=O) groups is 2. The normalized spacial score (nSPS) is 13.2. The van der Waals surface area contributed by atoms with E-state index in [0.717, 1.165) is 32.1 Å². The molecule has 160 valence electrons. The fraction of sp³-hybridized carbons (Fsp3) is 0.913. The first-order chi connectivity index (χ1) is 13.0. The molecule has 0 aliphatic rings. The van der Waals surface area contributed by atoms with Gasteiger partial charge in [0.05, 0.1) is 19.1 Å². The summed E-state index contributed by atoms with van der Waals surface area (Å²) in [6.45, 7) is 9.28. The van der Waals surface area contributed by atoms with Gasteiger partial charge in [-0.2, -0.15) is 0 Å². The summed E-state index contributed by atoms with van der Waals surface area (Å²) in [5, 5.41) is 0. The molecular weight excluding hydrogens is 340 g/mol. The summed E-state index contributed by atoms with van der Waals surface area (Å²) in [5.74, 6) is 0.330. The van der Waals surface area contributed by atoms with Gasteiger partial charge in [-0.1, -0.05) is 79.1 Å². The Morgan fingerprint density at radius 1 is 0.704 bits per heavy atom. The van der Waals surface area contributed by atoms with E-state index in [1.54, 1.807) is 0 Å². The number of rotatable bonds is 18. The fourth-order valence-electron chi connectivity index (χ4n) is 3.08. The van der Waals surface area contributed by atoms with E-state index in [1.165, 1.54) is 44.9 Å². The Morgan fingerprint density at radius 2 is 1.19 bits per heavy atom. The van der Waals surface area contributed by atoms with E-state index in [0.29, 0.717) is 25.6 Å². The molecule has 0 heterocycles. The summed E-state index contributed by atoms with van der Waals surface area (Å²) < 4.78 is 10.3. The minimum absolute atomic E-state index is 0.0100. The molecule has 0 N–H and O–H groups in total. The average Bonchev–Trinajstić information content (AvgIpc) is 2.67. The zero-order valence-electron chi connectivity index (χ0n) is 18.4. The molecule has 4 nitrogen and oxygen atoms in total. The molecule has 0 radical (unpaired) electrons. The highest BCUT2D eigenvalue weighted by Crippen LogP contribution is 2.20. The molecule has 0 aliphatic heterocycles. The van der Waals surface area contributed by atoms with Gasteiger partial charge in [-0.3, -0.25) is 9.59 Å². The van der Waals surface area contributed by atoms with Crippen molar-refractivity contribution in [2.24, 2.45) is 11.8 Å². The van der Waals surface area contributed by atoms with Gasteiger partial charge in [0.1, 0.15) is 0 Å². The summed E-state index contributed by atoms with van der Waals surface area (Å²) in [4.78, 5) is 23.2. The van der Waals surface area contributed by atoms with Crippen LogP contribution in [0.3, 0.4) is 0 Å². The van der Waals surface area contributed by atoms with Gasteiger partial charge < -0.3 is 9.47 Å². The third kappa shape index (κ3) is 15.7. The molecule has 4 heteroatoms. The standard InChI is InChI=1S/C23H44O4/c1-5-18-26-22(24)17-15-13-11-9-7-8-10-12-14-16-20(3)21(4)23(25)27-19-6-2/h20-21H,5-19H2,1-4H3. The van der Waals surface area contributed by atoms with Gasteiger partial charge in [0.15, 0.2) is 0 Å². The van der Waals surface area contributed by atoms with Gasteiger partial charge in [-0.25, -0.2) is 0 Å². The predicted molar refractivity (Wildman–Crippen MR) is 112 cm³/mol. The molecule has 0 aliphatic carbocycles. The molecule has 0 saturated heterocycles. The Balaban J connectivity index is 3.42. The molecule has 0 fully saturated rings. The van der Waals surface area contributed by atoms with Gasteiger partial charge >= 0.3 is 11.9 Å². The Kier molecular flexibility index (Phi) is 17.6. The smallest absolute Gasteiger partial charge is 0.308 e. The maximum Gasteiger partial charge on any atom is 0.308 e. The summed E-state index contributed by atoms with van der Waals surface area (Å²) in [7, 11) is 0. The van der Waals surface area contributed by atoms with Crippen molar-refractivity contribution in [3.8, 4) is 0 Å². The molecule has 2 unspecified atom stereocenters. The summed E-state index contributed by atoms with van der Waals surface area (Å²) in [6.07, 6.45) is 14.4. The molecule has 27 heavy (non-hydrogen) atoms. The molecule has 0 aromatic carbocycles. The van der Waals surface area contributed by atoms with E-state index in [-0.39, 0.29) is 17.9 Å². The van der Waals surface area contributed by atoms with Crippen LogP contribution in [-0.4, -0.2) is 25.2 Å². The van der Waals surface area contributed by atoms with Crippen molar-refractivity contribution < 1.29 is 19.1 Å². The molecular formula is C23H44O4. The summed E-state index contributed by atoms with van der Waals surface area (Å²) in [6, 6.07) is 0. The topological polar surface area (TPSA) is 52.6 Å². The van der Waals surface area contributed by atoms with Gasteiger partial charge in [-0.05, 0) is 31.6 Å². The maximum absolute atomic E-state index is 11.9. The van der Waals surface area contributed by atoms with Gasteiger partial charge in [0.25, 0.3) is 0 Å². The van der Waals surface area contributed by atoms with Crippen LogP contribution in [0.25, 0.3) is 0 Å². The highest BCUT2D eigenvalue weighted by atomic mass is 16.5. The van der Waals surface area contributed by atoms with Crippen LogP contribution in [0.5, 0.6) is 0 Å². The molecule has 0 saturated carbocycles. The Bertz CT molecular complexity index is 367. The minimum Gasteiger partial charge on any atom is -0.466 e. The van der Waals surface area contributed by atoms with Crippen molar-refractivity contribution in [3.63, 3.8) is 0 Å². The largest absolute Gasteiger partial charge is 0.466 e. The molecule has 0 spiro atoms. The molecule has 2 atom stereocenters. The van der Waals surface area contributed by atoms with E-state index < -0.39 is 0 Å². The maximum atomic E-state index is 11.9. The Hall–Kier alpha value is -1.06. The van der Waals surface area contributed by atoms with Crippen LogP contribution in [0, 0.1) is 11.8 Å². The molecule has 0 bridgehead atoms. The highest BCUT2D eigenvalue weighted by molar-refractivity contribution is 5.72. The van der Waals surface area contributed by atoms with E-state index in [1.807, 2.05) is 20.8 Å². The second-order valence-corrected chi connectivity index (χ2v) is 7.87. The lowest BCUT2D eigenvalue weighted by Gasteiger charge is -2.18. The van der Waals surface area contributed by atoms with E-state index in [4.69, 9.17) is 9.47 Å². The average molecular weight is 385 g/mol. The number of ether oxygens (including phenoxy) is 2. The lowest BCUT2D eigenvalue weighted by Crippen LogP contribution is -2.21. The first-order valence-electron chi connectivity index (χ1n) is 11.3. The van der Waals surface area contributed by atoms with Gasteiger partial charge in [0, 0.05) is 6.42 Å². The zero-order chi connectivity index (χ0) is 20.3. The van der Waals surface area contributed by atoms with Crippen LogP contribution in [0.15, 0.2) is 0 Å². The molecule has 0 aromatic heterocycles. The van der Waals surface area contributed by atoms with Crippen LogP contribution < -0.4 is 0 Å². The van der Waals surface area contributed by atoms with Gasteiger partial charge in [-0.15, -0.1) is 0 Å². The number of hydrogen-bond acceptors (Lipinski definition) is 4. The van der Waals surface area contributed by atoms with Crippen LogP contribution in [0.2, 0.25) is 0 Å². The van der Waals surface area contributed by atoms with Crippen molar-refractivity contribution in [2.75, 3.05) is 13.2 Å². The minimum atomic E-state index is -0.0426. The number of esters is 2. The monoisotopic (exact) mass is 384 g/mol. The van der Waals surface area contributed by atoms with Crippen molar-refractivity contribution in [1.82, 2.24) is 0 Å². The third-order valence-electron chi connectivity index (χ3n) is 5.18. The predicted octanol–water partition coefficient (Wildman–Crippen LogP) is 6.46. The third-order valence-corrected chi connectivity index (χ3v) is 5.18. The lowest BCUT2D eigenvalue weighted by molar-refractivity contribution is -0.149. The SMILES string of the molecule is CCCOC(=O)CCCCCCCCCCCC(C)C(C)C(=O)OCCC. The highest BCUT2D eigenvalue weighted by Gasteiger charge is 2.20. The quantitative estimate of drug-likeness (QED) is 0.201. The van der Waals surface area contributed by atoms with E-state index in [9.17, 15) is 9.59 Å². The Morgan fingerprint density at radius 3 is 1.74 bits per heavy atom. The molecule has 0 amide bonds. The number of unbranched alkanes of at least 4 members (excludes halogenated alkanes) is 8. The van der Waals surface area contributed by atoms with Crippen LogP contribution in [0.4, 0.5) is 0 Å². The summed E-state index contributed by atoms with van der Waals surface area (Å²) in [5.41, 5.74) is 0. The van der Waals surface area contributed by atoms with Crippen LogP contribution >= 0.6 is 0 Å². The van der Waals surface area contributed by atoms with Crippen molar-refractivity contribution >= 4 is 11.9 Å². The summed E-state index contributed by atoms with van der Waals surface area (Å²) >= 11 is 0. The first kappa shape index (κ1) is 25.9. The fourth-order valence-corrected chi connectivity index (χ4v) is 3.08. The number of carbonyl (C=O) groups excluding carboxylic acids is 2. The second kappa shape index (κ2) is 18.3. The second-order valence-electron chi connectivity index (χ2n) is 7.87. The van der Waals surface area contributed by atoms with Gasteiger partial charge in [0.2, 0.25) is 0 Å². The Labute approximate surface area is 167 Å².